The number of sulfonamides is 1. The Labute approximate surface area is 114 Å². The summed E-state index contributed by atoms with van der Waals surface area (Å²) >= 11 is 0. The molecule has 106 valence electrons. The highest BCUT2D eigenvalue weighted by Gasteiger charge is 2.20. The van der Waals surface area contributed by atoms with Crippen LogP contribution < -0.4 is 10.5 Å². The highest BCUT2D eigenvalue weighted by molar-refractivity contribution is 7.89. The van der Waals surface area contributed by atoms with Crippen LogP contribution in [0.15, 0.2) is 29.2 Å². The molecule has 1 aromatic carbocycles. The van der Waals surface area contributed by atoms with Crippen LogP contribution in [0.2, 0.25) is 0 Å². The Hall–Kier alpha value is -1.11. The first-order valence-electron chi connectivity index (χ1n) is 6.41. The maximum atomic E-state index is 11.1. The quantitative estimate of drug-likeness (QED) is 0.881. The lowest BCUT2D eigenvalue weighted by atomic mass is 9.93. The van der Waals surface area contributed by atoms with Crippen molar-refractivity contribution in [3.05, 3.63) is 24.3 Å². The Balaban J connectivity index is 1.94. The summed E-state index contributed by atoms with van der Waals surface area (Å²) in [6.45, 7) is 0. The zero-order valence-electron chi connectivity index (χ0n) is 11.0. The second kappa shape index (κ2) is 5.90. The smallest absolute Gasteiger partial charge is 0.238 e. The summed E-state index contributed by atoms with van der Waals surface area (Å²) in [5.41, 5.74) is 0.924. The lowest BCUT2D eigenvalue weighted by Gasteiger charge is -2.28. The van der Waals surface area contributed by atoms with Crippen molar-refractivity contribution in [2.24, 2.45) is 5.14 Å². The zero-order valence-corrected chi connectivity index (χ0v) is 11.8. The Kier molecular flexibility index (Phi) is 4.44. The molecule has 0 spiro atoms. The Morgan fingerprint density at radius 3 is 2.21 bits per heavy atom. The van der Waals surface area contributed by atoms with Gasteiger partial charge in [0.15, 0.2) is 0 Å². The van der Waals surface area contributed by atoms with E-state index in [1.165, 1.54) is 12.1 Å². The predicted molar refractivity (Wildman–Crippen MR) is 74.5 cm³/mol. The van der Waals surface area contributed by atoms with Gasteiger partial charge in [-0.2, -0.15) is 0 Å². The van der Waals surface area contributed by atoms with E-state index in [4.69, 9.17) is 9.88 Å². The van der Waals surface area contributed by atoms with E-state index in [0.717, 1.165) is 31.4 Å². The van der Waals surface area contributed by atoms with Crippen molar-refractivity contribution in [2.75, 3.05) is 12.4 Å². The van der Waals surface area contributed by atoms with Crippen LogP contribution in [0.25, 0.3) is 0 Å². The number of benzene rings is 1. The maximum absolute atomic E-state index is 11.1. The van der Waals surface area contributed by atoms with Gasteiger partial charge in [0.1, 0.15) is 0 Å². The number of hydrogen-bond donors (Lipinski definition) is 2. The molecule has 0 heterocycles. The van der Waals surface area contributed by atoms with Crippen molar-refractivity contribution >= 4 is 15.7 Å². The highest BCUT2D eigenvalue weighted by atomic mass is 32.2. The number of nitrogens with one attached hydrogen (secondary N) is 1. The highest BCUT2D eigenvalue weighted by Crippen LogP contribution is 2.24. The lowest BCUT2D eigenvalue weighted by Crippen LogP contribution is -2.29. The molecular weight excluding hydrogens is 264 g/mol. The van der Waals surface area contributed by atoms with Gasteiger partial charge in [-0.05, 0) is 49.9 Å². The van der Waals surface area contributed by atoms with E-state index in [1.807, 2.05) is 0 Å². The molecule has 0 saturated heterocycles. The standard InChI is InChI=1S/C13H20N2O3S/c1-18-12-6-2-10(3-7-12)15-11-4-8-13(9-5-11)19(14,16)17/h4-5,8-10,12,15H,2-3,6-7H2,1H3,(H2,14,16,17). The fourth-order valence-corrected chi connectivity index (χ4v) is 2.93. The van der Waals surface area contributed by atoms with Crippen LogP contribution >= 0.6 is 0 Å². The second-order valence-corrected chi connectivity index (χ2v) is 6.48. The minimum Gasteiger partial charge on any atom is -0.382 e. The topological polar surface area (TPSA) is 81.4 Å². The first-order valence-corrected chi connectivity index (χ1v) is 7.96. The number of methoxy groups -OCH3 is 1. The Morgan fingerprint density at radius 2 is 1.74 bits per heavy atom. The number of ether oxygens (including phenoxy) is 1. The van der Waals surface area contributed by atoms with E-state index in [0.29, 0.717) is 12.1 Å². The summed E-state index contributed by atoms with van der Waals surface area (Å²) in [5.74, 6) is 0. The molecule has 0 atom stereocenters. The minimum atomic E-state index is -3.61. The first-order chi connectivity index (χ1) is 8.99. The summed E-state index contributed by atoms with van der Waals surface area (Å²) in [4.78, 5) is 0.140. The molecule has 0 aliphatic heterocycles. The van der Waals surface area contributed by atoms with Crippen molar-refractivity contribution in [1.82, 2.24) is 0 Å². The predicted octanol–water partition coefficient (Wildman–Crippen LogP) is 1.70. The Morgan fingerprint density at radius 1 is 1.16 bits per heavy atom. The van der Waals surface area contributed by atoms with Gasteiger partial charge >= 0.3 is 0 Å². The van der Waals surface area contributed by atoms with E-state index < -0.39 is 10.0 Å². The third-order valence-electron chi connectivity index (χ3n) is 3.56. The molecule has 3 N–H and O–H groups in total. The molecule has 2 rings (SSSR count). The first kappa shape index (κ1) is 14.3. The van der Waals surface area contributed by atoms with Crippen LogP contribution in [0.3, 0.4) is 0 Å². The van der Waals surface area contributed by atoms with Gasteiger partial charge in [0.05, 0.1) is 11.0 Å². The molecule has 5 nitrogen and oxygen atoms in total. The molecule has 1 aromatic rings. The van der Waals surface area contributed by atoms with Crippen LogP contribution in [0, 0.1) is 0 Å². The largest absolute Gasteiger partial charge is 0.382 e. The summed E-state index contributed by atoms with van der Waals surface area (Å²) in [6.07, 6.45) is 4.63. The normalized spacial score (nSPS) is 24.1. The molecule has 0 bridgehead atoms. The number of nitrogens with two attached hydrogens (primary N) is 1. The molecule has 0 unspecified atom stereocenters. The fraction of sp³-hybridized carbons (Fsp3) is 0.538. The maximum Gasteiger partial charge on any atom is 0.238 e. The van der Waals surface area contributed by atoms with Gasteiger partial charge in [0.2, 0.25) is 10.0 Å². The van der Waals surface area contributed by atoms with Gasteiger partial charge in [0, 0.05) is 18.8 Å². The van der Waals surface area contributed by atoms with Crippen LogP contribution in [-0.4, -0.2) is 27.7 Å². The van der Waals surface area contributed by atoms with Gasteiger partial charge in [-0.25, -0.2) is 13.6 Å². The van der Waals surface area contributed by atoms with Crippen LogP contribution in [0.5, 0.6) is 0 Å². The van der Waals surface area contributed by atoms with Crippen LogP contribution in [-0.2, 0) is 14.8 Å². The lowest BCUT2D eigenvalue weighted by molar-refractivity contribution is 0.0682. The van der Waals surface area contributed by atoms with E-state index in [2.05, 4.69) is 5.32 Å². The van der Waals surface area contributed by atoms with E-state index in [1.54, 1.807) is 19.2 Å². The summed E-state index contributed by atoms with van der Waals surface area (Å²) < 4.78 is 27.6. The van der Waals surface area contributed by atoms with Gasteiger partial charge in [0.25, 0.3) is 0 Å². The Bertz CT molecular complexity index is 505. The molecule has 0 amide bonds. The second-order valence-electron chi connectivity index (χ2n) is 4.92. The average Bonchev–Trinajstić information content (AvgIpc) is 2.39. The van der Waals surface area contributed by atoms with Gasteiger partial charge < -0.3 is 10.1 Å². The summed E-state index contributed by atoms with van der Waals surface area (Å²) in [5, 5.41) is 8.47. The van der Waals surface area contributed by atoms with Gasteiger partial charge in [-0.1, -0.05) is 0 Å². The molecule has 0 aromatic heterocycles. The molecular formula is C13H20N2O3S. The van der Waals surface area contributed by atoms with Crippen LogP contribution in [0.4, 0.5) is 5.69 Å². The molecule has 1 fully saturated rings. The molecule has 1 aliphatic carbocycles. The summed E-state index contributed by atoms with van der Waals surface area (Å²) in [6, 6.07) is 6.98. The van der Waals surface area contributed by atoms with Crippen molar-refractivity contribution < 1.29 is 13.2 Å². The zero-order chi connectivity index (χ0) is 13.9. The fourth-order valence-electron chi connectivity index (χ4n) is 2.42. The number of hydrogen-bond acceptors (Lipinski definition) is 4. The van der Waals surface area contributed by atoms with Crippen molar-refractivity contribution in [3.8, 4) is 0 Å². The van der Waals surface area contributed by atoms with Gasteiger partial charge in [-0.3, -0.25) is 0 Å². The third-order valence-corrected chi connectivity index (χ3v) is 4.49. The summed E-state index contributed by atoms with van der Waals surface area (Å²) in [7, 11) is -1.85. The van der Waals surface area contributed by atoms with Crippen molar-refractivity contribution in [1.29, 1.82) is 0 Å². The third kappa shape index (κ3) is 3.92. The average molecular weight is 284 g/mol. The minimum absolute atomic E-state index is 0.140. The van der Waals surface area contributed by atoms with E-state index in [-0.39, 0.29) is 4.90 Å². The number of primary sulfonamides is 1. The SMILES string of the molecule is COC1CCC(Nc2ccc(S(N)(=O)=O)cc2)CC1. The molecule has 6 heteroatoms. The van der Waals surface area contributed by atoms with E-state index >= 15 is 0 Å². The monoisotopic (exact) mass is 284 g/mol. The number of rotatable bonds is 4. The van der Waals surface area contributed by atoms with Crippen LogP contribution in [0.1, 0.15) is 25.7 Å². The number of anilines is 1. The van der Waals surface area contributed by atoms with E-state index in [9.17, 15) is 8.42 Å². The molecule has 1 aliphatic rings. The van der Waals surface area contributed by atoms with Crippen molar-refractivity contribution in [3.63, 3.8) is 0 Å². The van der Waals surface area contributed by atoms with Crippen molar-refractivity contribution in [2.45, 2.75) is 42.7 Å². The molecule has 0 radical (unpaired) electrons. The molecule has 1 saturated carbocycles. The molecule has 19 heavy (non-hydrogen) atoms. The van der Waals surface area contributed by atoms with Gasteiger partial charge in [-0.15, -0.1) is 0 Å².